The maximum Gasteiger partial charge on any atom is 0.242 e. The van der Waals surface area contributed by atoms with E-state index in [1.165, 1.54) is 17.0 Å². The number of nitrogens with one attached hydrogen (secondary N) is 1. The molecular weight excluding hydrogens is 379 g/mol. The van der Waals surface area contributed by atoms with E-state index in [-0.39, 0.29) is 35.4 Å². The van der Waals surface area contributed by atoms with E-state index in [4.69, 9.17) is 11.6 Å². The van der Waals surface area contributed by atoms with Crippen LogP contribution in [0.15, 0.2) is 42.5 Å². The zero-order valence-corrected chi connectivity index (χ0v) is 17.2. The number of carbonyl (C=O) groups is 2. The maximum absolute atomic E-state index is 14.2. The first-order valence-electron chi connectivity index (χ1n) is 9.39. The van der Waals surface area contributed by atoms with E-state index in [1.54, 1.807) is 13.0 Å². The van der Waals surface area contributed by atoms with Gasteiger partial charge in [0.25, 0.3) is 0 Å². The zero-order valence-electron chi connectivity index (χ0n) is 16.5. The van der Waals surface area contributed by atoms with Crippen molar-refractivity contribution in [3.63, 3.8) is 0 Å². The Morgan fingerprint density at radius 3 is 2.54 bits per heavy atom. The Morgan fingerprint density at radius 2 is 1.89 bits per heavy atom. The monoisotopic (exact) mass is 404 g/mol. The summed E-state index contributed by atoms with van der Waals surface area (Å²) in [6.07, 6.45) is 0.595. The number of hydrogen-bond donors (Lipinski definition) is 1. The summed E-state index contributed by atoms with van der Waals surface area (Å²) in [4.78, 5) is 27.1. The van der Waals surface area contributed by atoms with Gasteiger partial charge >= 0.3 is 0 Å². The van der Waals surface area contributed by atoms with Gasteiger partial charge in [-0.25, -0.2) is 4.39 Å². The van der Waals surface area contributed by atoms with Crippen molar-refractivity contribution < 1.29 is 14.0 Å². The van der Waals surface area contributed by atoms with Crippen molar-refractivity contribution in [2.24, 2.45) is 0 Å². The molecule has 0 bridgehead atoms. The number of benzene rings is 2. The van der Waals surface area contributed by atoms with Crippen molar-refractivity contribution in [1.29, 1.82) is 0 Å². The van der Waals surface area contributed by atoms with Gasteiger partial charge in [-0.15, -0.1) is 0 Å². The summed E-state index contributed by atoms with van der Waals surface area (Å²) in [5.74, 6) is -1.11. The highest BCUT2D eigenvalue weighted by Crippen LogP contribution is 2.22. The Bertz CT molecular complexity index is 821. The average Bonchev–Trinajstić information content (AvgIpc) is 2.67. The molecule has 1 N–H and O–H groups in total. The molecule has 2 aromatic carbocycles. The molecule has 4 nitrogen and oxygen atoms in total. The molecule has 1 atom stereocenters. The predicted molar refractivity (Wildman–Crippen MR) is 110 cm³/mol. The number of hydrogen-bond acceptors (Lipinski definition) is 2. The summed E-state index contributed by atoms with van der Waals surface area (Å²) in [7, 11) is 0. The Morgan fingerprint density at radius 1 is 1.18 bits per heavy atom. The quantitative estimate of drug-likeness (QED) is 0.714. The smallest absolute Gasteiger partial charge is 0.242 e. The fourth-order valence-corrected chi connectivity index (χ4v) is 3.13. The first-order valence-corrected chi connectivity index (χ1v) is 9.77. The van der Waals surface area contributed by atoms with Crippen LogP contribution < -0.4 is 5.32 Å². The van der Waals surface area contributed by atoms with Gasteiger partial charge < -0.3 is 10.2 Å². The Labute approximate surface area is 170 Å². The largest absolute Gasteiger partial charge is 0.354 e. The van der Waals surface area contributed by atoms with E-state index < -0.39 is 11.9 Å². The van der Waals surface area contributed by atoms with Gasteiger partial charge in [0, 0.05) is 23.7 Å². The molecule has 150 valence electrons. The maximum atomic E-state index is 14.2. The van der Waals surface area contributed by atoms with Crippen LogP contribution >= 0.6 is 11.6 Å². The van der Waals surface area contributed by atoms with Crippen molar-refractivity contribution in [2.45, 2.75) is 46.2 Å². The number of rotatable bonds is 8. The van der Waals surface area contributed by atoms with Gasteiger partial charge in [-0.2, -0.15) is 0 Å². The molecule has 0 radical (unpaired) electrons. The van der Waals surface area contributed by atoms with Crippen LogP contribution in [0.2, 0.25) is 5.02 Å². The van der Waals surface area contributed by atoms with Gasteiger partial charge in [0.1, 0.15) is 11.9 Å². The van der Waals surface area contributed by atoms with Crippen molar-refractivity contribution in [2.75, 3.05) is 6.54 Å². The van der Waals surface area contributed by atoms with E-state index in [0.29, 0.717) is 6.54 Å². The highest BCUT2D eigenvalue weighted by molar-refractivity contribution is 6.31. The summed E-state index contributed by atoms with van der Waals surface area (Å²) >= 11 is 6.08. The van der Waals surface area contributed by atoms with Crippen molar-refractivity contribution in [3.8, 4) is 0 Å². The van der Waals surface area contributed by atoms with E-state index in [2.05, 4.69) is 5.32 Å². The minimum Gasteiger partial charge on any atom is -0.354 e. The lowest BCUT2D eigenvalue weighted by atomic mass is 10.1. The van der Waals surface area contributed by atoms with Gasteiger partial charge in [-0.3, -0.25) is 9.59 Å². The molecule has 2 amide bonds. The van der Waals surface area contributed by atoms with Crippen LogP contribution in [0.5, 0.6) is 0 Å². The molecule has 0 saturated carbocycles. The summed E-state index contributed by atoms with van der Waals surface area (Å²) in [5, 5.41) is 3.02. The number of aryl methyl sites for hydroxylation is 1. The normalized spacial score (nSPS) is 11.8. The fraction of sp³-hybridized carbons (Fsp3) is 0.364. The minimum atomic E-state index is -0.691. The molecule has 0 fully saturated rings. The molecule has 0 aliphatic carbocycles. The van der Waals surface area contributed by atoms with E-state index in [0.717, 1.165) is 17.5 Å². The van der Waals surface area contributed by atoms with Crippen LogP contribution in [-0.4, -0.2) is 29.3 Å². The molecular formula is C22H26ClFN2O2. The average molecular weight is 405 g/mol. The van der Waals surface area contributed by atoms with Crippen LogP contribution in [0.1, 0.15) is 37.0 Å². The molecule has 0 aromatic heterocycles. The summed E-state index contributed by atoms with van der Waals surface area (Å²) in [6, 6.07) is 11.3. The van der Waals surface area contributed by atoms with Crippen LogP contribution in [-0.2, 0) is 22.6 Å². The van der Waals surface area contributed by atoms with Gasteiger partial charge in [0.15, 0.2) is 0 Å². The summed E-state index contributed by atoms with van der Waals surface area (Å²) in [6.45, 7) is 6.39. The first-order chi connectivity index (χ1) is 13.3. The number of carbonyl (C=O) groups excluding carboxylic acids is 2. The molecule has 2 aromatic rings. The molecule has 0 aliphatic heterocycles. The second-order valence-corrected chi connectivity index (χ2v) is 7.20. The minimum absolute atomic E-state index is 0.144. The van der Waals surface area contributed by atoms with E-state index >= 15 is 0 Å². The third-order valence-electron chi connectivity index (χ3n) is 4.71. The fourth-order valence-electron chi connectivity index (χ4n) is 2.90. The van der Waals surface area contributed by atoms with Crippen molar-refractivity contribution >= 4 is 23.4 Å². The third kappa shape index (κ3) is 5.55. The SMILES string of the molecule is CCCNC(=O)C(C)N(Cc1ccccc1C)C(=O)Cc1c(F)cccc1Cl. The standard InChI is InChI=1S/C22H26ClFN2O2/c1-4-12-25-22(28)16(3)26(14-17-9-6-5-8-15(17)2)21(27)13-18-19(23)10-7-11-20(18)24/h5-11,16H,4,12-14H2,1-3H3,(H,25,28). The lowest BCUT2D eigenvalue weighted by Gasteiger charge is -2.29. The molecule has 2 rings (SSSR count). The van der Waals surface area contributed by atoms with Gasteiger partial charge in [0.2, 0.25) is 11.8 Å². The second kappa shape index (κ2) is 10.2. The Balaban J connectivity index is 2.29. The number of halogens is 2. The van der Waals surface area contributed by atoms with Crippen molar-refractivity contribution in [3.05, 3.63) is 70.0 Å². The van der Waals surface area contributed by atoms with Crippen molar-refractivity contribution in [1.82, 2.24) is 10.2 Å². The van der Waals surface area contributed by atoms with Crippen LogP contribution in [0.4, 0.5) is 4.39 Å². The molecule has 0 saturated heterocycles. The first kappa shape index (κ1) is 21.9. The highest BCUT2D eigenvalue weighted by Gasteiger charge is 2.27. The summed E-state index contributed by atoms with van der Waals surface area (Å²) < 4.78 is 14.2. The van der Waals surface area contributed by atoms with Gasteiger partial charge in [-0.05, 0) is 43.5 Å². The van der Waals surface area contributed by atoms with E-state index in [1.807, 2.05) is 38.1 Å². The zero-order chi connectivity index (χ0) is 20.7. The Hall–Kier alpha value is -2.40. The van der Waals surface area contributed by atoms with Crippen LogP contribution in [0.3, 0.4) is 0 Å². The second-order valence-electron chi connectivity index (χ2n) is 6.79. The third-order valence-corrected chi connectivity index (χ3v) is 5.06. The molecule has 6 heteroatoms. The Kier molecular flexibility index (Phi) is 8.00. The number of nitrogens with zero attached hydrogens (tertiary/aromatic N) is 1. The topological polar surface area (TPSA) is 49.4 Å². The number of amides is 2. The molecule has 0 aliphatic rings. The molecule has 28 heavy (non-hydrogen) atoms. The van der Waals surface area contributed by atoms with Gasteiger partial charge in [0.05, 0.1) is 6.42 Å². The van der Waals surface area contributed by atoms with E-state index in [9.17, 15) is 14.0 Å². The molecule has 0 spiro atoms. The molecule has 0 heterocycles. The highest BCUT2D eigenvalue weighted by atomic mass is 35.5. The lowest BCUT2D eigenvalue weighted by Crippen LogP contribution is -2.48. The summed E-state index contributed by atoms with van der Waals surface area (Å²) in [5.41, 5.74) is 2.10. The van der Waals surface area contributed by atoms with Crippen LogP contribution in [0, 0.1) is 12.7 Å². The predicted octanol–water partition coefficient (Wildman–Crippen LogP) is 4.27. The lowest BCUT2D eigenvalue weighted by molar-refractivity contribution is -0.140. The van der Waals surface area contributed by atoms with Crippen LogP contribution in [0.25, 0.3) is 0 Å². The molecule has 1 unspecified atom stereocenters. The van der Waals surface area contributed by atoms with Gasteiger partial charge in [-0.1, -0.05) is 48.9 Å².